The van der Waals surface area contributed by atoms with E-state index in [0.29, 0.717) is 12.1 Å². The van der Waals surface area contributed by atoms with Gasteiger partial charge in [0, 0.05) is 24.8 Å². The van der Waals surface area contributed by atoms with E-state index in [1.807, 2.05) is 35.2 Å². The predicted molar refractivity (Wildman–Crippen MR) is 114 cm³/mol. The number of rotatable bonds is 5. The zero-order chi connectivity index (χ0) is 20.7. The van der Waals surface area contributed by atoms with Gasteiger partial charge in [-0.3, -0.25) is 9.59 Å². The second-order valence-corrected chi connectivity index (χ2v) is 8.75. The molecule has 0 unspecified atom stereocenters. The maximum absolute atomic E-state index is 13.6. The SMILES string of the molecule is Cc1cccc([C@@H]2[C@H](C(=O)NC[C@H]3CCCO3)c3ccccc3C(=O)N2C2CC2)c1. The van der Waals surface area contributed by atoms with E-state index in [9.17, 15) is 9.59 Å². The predicted octanol–water partition coefficient (Wildman–Crippen LogP) is 3.73. The van der Waals surface area contributed by atoms with E-state index in [1.54, 1.807) is 0 Å². The third-order valence-electron chi connectivity index (χ3n) is 6.51. The van der Waals surface area contributed by atoms with Crippen LogP contribution in [-0.2, 0) is 9.53 Å². The van der Waals surface area contributed by atoms with Gasteiger partial charge in [0.25, 0.3) is 5.91 Å². The lowest BCUT2D eigenvalue weighted by Crippen LogP contribution is -2.49. The fourth-order valence-electron chi connectivity index (χ4n) is 4.93. The van der Waals surface area contributed by atoms with Crippen LogP contribution in [0.1, 0.15) is 64.7 Å². The Hall–Kier alpha value is -2.66. The third-order valence-corrected chi connectivity index (χ3v) is 6.51. The van der Waals surface area contributed by atoms with Gasteiger partial charge in [0.2, 0.25) is 5.91 Å². The number of carbonyl (C=O) groups excluding carboxylic acids is 2. The second-order valence-electron chi connectivity index (χ2n) is 8.75. The van der Waals surface area contributed by atoms with Gasteiger partial charge in [0.15, 0.2) is 0 Å². The molecule has 2 aromatic carbocycles. The van der Waals surface area contributed by atoms with Crippen LogP contribution in [0.2, 0.25) is 0 Å². The Morgan fingerprint density at radius 2 is 1.97 bits per heavy atom. The van der Waals surface area contributed by atoms with Crippen molar-refractivity contribution in [2.75, 3.05) is 13.2 Å². The van der Waals surface area contributed by atoms with E-state index in [-0.39, 0.29) is 30.0 Å². The van der Waals surface area contributed by atoms with Crippen molar-refractivity contribution in [3.63, 3.8) is 0 Å². The molecule has 2 fully saturated rings. The van der Waals surface area contributed by atoms with Gasteiger partial charge in [-0.1, -0.05) is 48.0 Å². The fraction of sp³-hybridized carbons (Fsp3) is 0.440. The van der Waals surface area contributed by atoms with Crippen molar-refractivity contribution in [1.82, 2.24) is 10.2 Å². The topological polar surface area (TPSA) is 58.6 Å². The van der Waals surface area contributed by atoms with E-state index in [2.05, 4.69) is 30.4 Å². The van der Waals surface area contributed by atoms with Crippen molar-refractivity contribution in [2.45, 2.75) is 56.7 Å². The number of aryl methyl sites for hydroxylation is 1. The van der Waals surface area contributed by atoms with Gasteiger partial charge in [0.05, 0.1) is 18.1 Å². The molecule has 1 saturated carbocycles. The van der Waals surface area contributed by atoms with Crippen molar-refractivity contribution >= 4 is 11.8 Å². The Labute approximate surface area is 177 Å². The molecule has 2 aliphatic heterocycles. The summed E-state index contributed by atoms with van der Waals surface area (Å²) in [7, 11) is 0. The number of carbonyl (C=O) groups is 2. The first kappa shape index (κ1) is 19.3. The summed E-state index contributed by atoms with van der Waals surface area (Å²) in [5.41, 5.74) is 3.65. The first-order valence-electron chi connectivity index (χ1n) is 11.0. The number of hydrogen-bond donors (Lipinski definition) is 1. The van der Waals surface area contributed by atoms with Crippen LogP contribution < -0.4 is 5.32 Å². The highest BCUT2D eigenvalue weighted by Crippen LogP contribution is 2.47. The molecule has 2 heterocycles. The summed E-state index contributed by atoms with van der Waals surface area (Å²) in [6, 6.07) is 15.8. The number of benzene rings is 2. The Morgan fingerprint density at radius 1 is 1.13 bits per heavy atom. The number of ether oxygens (including phenoxy) is 1. The molecule has 2 amide bonds. The van der Waals surface area contributed by atoms with E-state index in [1.165, 1.54) is 0 Å². The van der Waals surface area contributed by atoms with Crippen LogP contribution in [0.3, 0.4) is 0 Å². The second kappa shape index (κ2) is 7.88. The van der Waals surface area contributed by atoms with Crippen molar-refractivity contribution < 1.29 is 14.3 Å². The van der Waals surface area contributed by atoms with Crippen LogP contribution in [0.5, 0.6) is 0 Å². The highest BCUT2D eigenvalue weighted by molar-refractivity contribution is 6.01. The van der Waals surface area contributed by atoms with Crippen LogP contribution in [-0.4, -0.2) is 42.0 Å². The number of hydrogen-bond acceptors (Lipinski definition) is 3. The van der Waals surface area contributed by atoms with Crippen molar-refractivity contribution in [2.24, 2.45) is 0 Å². The molecule has 0 bridgehead atoms. The molecule has 0 radical (unpaired) electrons. The zero-order valence-corrected chi connectivity index (χ0v) is 17.3. The minimum absolute atomic E-state index is 0.0254. The summed E-state index contributed by atoms with van der Waals surface area (Å²) >= 11 is 0. The molecule has 1 aliphatic carbocycles. The summed E-state index contributed by atoms with van der Waals surface area (Å²) in [4.78, 5) is 29.0. The summed E-state index contributed by atoms with van der Waals surface area (Å²) in [6.45, 7) is 3.34. The molecule has 5 rings (SSSR count). The lowest BCUT2D eigenvalue weighted by Gasteiger charge is -2.42. The molecule has 0 spiro atoms. The lowest BCUT2D eigenvalue weighted by atomic mass is 9.78. The number of amides is 2. The van der Waals surface area contributed by atoms with Crippen LogP contribution in [0.25, 0.3) is 0 Å². The number of nitrogens with one attached hydrogen (secondary N) is 1. The smallest absolute Gasteiger partial charge is 0.254 e. The van der Waals surface area contributed by atoms with E-state index in [0.717, 1.165) is 49.0 Å². The van der Waals surface area contributed by atoms with Crippen LogP contribution in [0, 0.1) is 6.92 Å². The average Bonchev–Trinajstić information content (AvgIpc) is 3.45. The first-order valence-corrected chi connectivity index (χ1v) is 11.0. The Morgan fingerprint density at radius 3 is 2.70 bits per heavy atom. The molecular formula is C25H28N2O3. The molecule has 5 nitrogen and oxygen atoms in total. The highest BCUT2D eigenvalue weighted by atomic mass is 16.5. The largest absolute Gasteiger partial charge is 0.376 e. The van der Waals surface area contributed by atoms with Crippen molar-refractivity contribution in [3.8, 4) is 0 Å². The summed E-state index contributed by atoms with van der Waals surface area (Å²) < 4.78 is 5.69. The average molecular weight is 405 g/mol. The van der Waals surface area contributed by atoms with Gasteiger partial charge in [0.1, 0.15) is 0 Å². The summed E-state index contributed by atoms with van der Waals surface area (Å²) in [6.07, 6.45) is 4.12. The first-order chi connectivity index (χ1) is 14.6. The Balaban J connectivity index is 1.56. The number of fused-ring (bicyclic) bond motifs is 1. The monoisotopic (exact) mass is 404 g/mol. The van der Waals surface area contributed by atoms with Gasteiger partial charge in [-0.2, -0.15) is 0 Å². The molecule has 0 aromatic heterocycles. The minimum Gasteiger partial charge on any atom is -0.376 e. The van der Waals surface area contributed by atoms with Gasteiger partial charge >= 0.3 is 0 Å². The van der Waals surface area contributed by atoms with Gasteiger partial charge in [-0.05, 0) is 49.8 Å². The molecular weight excluding hydrogens is 376 g/mol. The molecule has 30 heavy (non-hydrogen) atoms. The molecule has 3 atom stereocenters. The molecule has 3 aliphatic rings. The zero-order valence-electron chi connectivity index (χ0n) is 17.3. The Bertz CT molecular complexity index is 962. The quantitative estimate of drug-likeness (QED) is 0.826. The molecule has 5 heteroatoms. The van der Waals surface area contributed by atoms with E-state index < -0.39 is 5.92 Å². The maximum atomic E-state index is 13.6. The van der Waals surface area contributed by atoms with Crippen LogP contribution in [0.4, 0.5) is 0 Å². The van der Waals surface area contributed by atoms with Crippen LogP contribution in [0.15, 0.2) is 48.5 Å². The molecule has 2 aromatic rings. The van der Waals surface area contributed by atoms with Gasteiger partial charge in [-0.25, -0.2) is 0 Å². The maximum Gasteiger partial charge on any atom is 0.254 e. The molecule has 1 saturated heterocycles. The van der Waals surface area contributed by atoms with Crippen molar-refractivity contribution in [3.05, 3.63) is 70.8 Å². The summed E-state index contributed by atoms with van der Waals surface area (Å²) in [5.74, 6) is -0.409. The molecule has 1 N–H and O–H groups in total. The fourth-order valence-corrected chi connectivity index (χ4v) is 4.93. The summed E-state index contributed by atoms with van der Waals surface area (Å²) in [5, 5.41) is 3.14. The van der Waals surface area contributed by atoms with Crippen LogP contribution >= 0.6 is 0 Å². The normalized spacial score (nSPS) is 25.8. The molecule has 156 valence electrons. The highest BCUT2D eigenvalue weighted by Gasteiger charge is 2.49. The lowest BCUT2D eigenvalue weighted by molar-refractivity contribution is -0.124. The minimum atomic E-state index is -0.428. The number of nitrogens with zero attached hydrogens (tertiary/aromatic N) is 1. The van der Waals surface area contributed by atoms with Crippen molar-refractivity contribution in [1.29, 1.82) is 0 Å². The van der Waals surface area contributed by atoms with Gasteiger partial charge in [-0.15, -0.1) is 0 Å². The standard InChI is InChI=1S/C25H28N2O3/c1-16-6-4-7-17(14-16)23-22(24(28)26-15-19-8-5-13-30-19)20-9-2-3-10-21(20)25(29)27(23)18-11-12-18/h2-4,6-7,9-10,14,18-19,22-23H,5,8,11-13,15H2,1H3,(H,26,28)/t19-,22-,23-/m1/s1. The van der Waals surface area contributed by atoms with Gasteiger partial charge < -0.3 is 15.0 Å². The van der Waals surface area contributed by atoms with E-state index >= 15 is 0 Å². The van der Waals surface area contributed by atoms with E-state index in [4.69, 9.17) is 4.74 Å². The third kappa shape index (κ3) is 3.52. The Kier molecular flexibility index (Phi) is 5.07.